The van der Waals surface area contributed by atoms with Crippen LogP contribution in [0.25, 0.3) is 6.08 Å². The third kappa shape index (κ3) is 4.25. The molecule has 0 saturated carbocycles. The first-order chi connectivity index (χ1) is 15.5. The van der Waals surface area contributed by atoms with E-state index in [1.165, 1.54) is 11.9 Å². The highest BCUT2D eigenvalue weighted by atomic mass is 16.2. The maximum atomic E-state index is 13.0. The van der Waals surface area contributed by atoms with Crippen molar-refractivity contribution >= 4 is 29.7 Å². The van der Waals surface area contributed by atoms with Gasteiger partial charge < -0.3 is 9.80 Å². The molecule has 0 radical (unpaired) electrons. The van der Waals surface area contributed by atoms with Crippen molar-refractivity contribution in [1.82, 2.24) is 20.1 Å². The smallest absolute Gasteiger partial charge is 0.321 e. The Bertz CT molecular complexity index is 1080. The second kappa shape index (κ2) is 9.05. The van der Waals surface area contributed by atoms with E-state index in [0.29, 0.717) is 12.5 Å². The molecular formula is C24H26N6O2. The van der Waals surface area contributed by atoms with Crippen LogP contribution in [0.5, 0.6) is 0 Å². The molecule has 1 N–H and O–H groups in total. The molecule has 0 aliphatic carbocycles. The van der Waals surface area contributed by atoms with E-state index in [-0.39, 0.29) is 11.9 Å². The highest BCUT2D eigenvalue weighted by Gasteiger charge is 2.51. The highest BCUT2D eigenvalue weighted by Crippen LogP contribution is 2.28. The predicted octanol–water partition coefficient (Wildman–Crippen LogP) is 2.76. The third-order valence-corrected chi connectivity index (χ3v) is 5.56. The summed E-state index contributed by atoms with van der Waals surface area (Å²) >= 11 is 0. The van der Waals surface area contributed by atoms with Crippen LogP contribution >= 0.6 is 0 Å². The van der Waals surface area contributed by atoms with Crippen LogP contribution in [-0.2, 0) is 11.3 Å². The van der Waals surface area contributed by atoms with Crippen molar-refractivity contribution in [2.75, 3.05) is 14.1 Å². The number of nitrogens with one attached hydrogen (secondary N) is 1. The summed E-state index contributed by atoms with van der Waals surface area (Å²) < 4.78 is 0. The van der Waals surface area contributed by atoms with E-state index in [1.807, 2.05) is 84.6 Å². The molecule has 2 aromatic rings. The van der Waals surface area contributed by atoms with Gasteiger partial charge in [-0.2, -0.15) is 5.10 Å². The number of imide groups is 1. The number of carbonyl (C=O) groups is 2. The number of likely N-dealkylation sites (N-methyl/N-ethyl adjacent to an activating group) is 2. The van der Waals surface area contributed by atoms with E-state index in [1.54, 1.807) is 7.05 Å². The molecule has 2 aliphatic rings. The van der Waals surface area contributed by atoms with Crippen molar-refractivity contribution < 1.29 is 9.59 Å². The van der Waals surface area contributed by atoms with Gasteiger partial charge in [-0.25, -0.2) is 15.2 Å². The van der Waals surface area contributed by atoms with E-state index in [2.05, 4.69) is 15.5 Å². The minimum Gasteiger partial charge on any atom is -0.321 e. The van der Waals surface area contributed by atoms with Gasteiger partial charge in [0.05, 0.1) is 5.71 Å². The van der Waals surface area contributed by atoms with Gasteiger partial charge in [-0.05, 0) is 24.1 Å². The zero-order chi connectivity index (χ0) is 22.7. The van der Waals surface area contributed by atoms with Crippen LogP contribution < -0.4 is 5.43 Å². The normalized spacial score (nSPS) is 21.3. The molecule has 2 unspecified atom stereocenters. The summed E-state index contributed by atoms with van der Waals surface area (Å²) in [6.07, 6.45) is 3.28. The Morgan fingerprint density at radius 1 is 1.06 bits per heavy atom. The average molecular weight is 431 g/mol. The summed E-state index contributed by atoms with van der Waals surface area (Å²) in [6.45, 7) is 2.34. The maximum Gasteiger partial charge on any atom is 0.328 e. The van der Waals surface area contributed by atoms with E-state index in [0.717, 1.165) is 21.7 Å². The summed E-state index contributed by atoms with van der Waals surface area (Å²) in [4.78, 5) is 34.6. The van der Waals surface area contributed by atoms with Gasteiger partial charge in [0, 0.05) is 20.6 Å². The van der Waals surface area contributed by atoms with Crippen LogP contribution in [0.3, 0.4) is 0 Å². The van der Waals surface area contributed by atoms with Gasteiger partial charge in [-0.3, -0.25) is 9.69 Å². The Morgan fingerprint density at radius 2 is 1.72 bits per heavy atom. The van der Waals surface area contributed by atoms with Crippen molar-refractivity contribution in [2.45, 2.75) is 25.7 Å². The fourth-order valence-electron chi connectivity index (χ4n) is 3.77. The number of hydrazone groups is 1. The molecule has 32 heavy (non-hydrogen) atoms. The lowest BCUT2D eigenvalue weighted by Crippen LogP contribution is -2.64. The summed E-state index contributed by atoms with van der Waals surface area (Å²) in [5.74, 6) is 0.180. The molecule has 1 fully saturated rings. The van der Waals surface area contributed by atoms with Crippen LogP contribution in [0.15, 0.2) is 76.8 Å². The van der Waals surface area contributed by atoms with Gasteiger partial charge in [-0.1, -0.05) is 66.7 Å². The molecule has 2 aromatic carbocycles. The monoisotopic (exact) mass is 430 g/mol. The molecule has 4 rings (SSSR count). The van der Waals surface area contributed by atoms with Crippen molar-refractivity contribution in [3.63, 3.8) is 0 Å². The fourth-order valence-corrected chi connectivity index (χ4v) is 3.77. The van der Waals surface area contributed by atoms with Crippen LogP contribution in [0.4, 0.5) is 4.79 Å². The van der Waals surface area contributed by atoms with E-state index in [4.69, 9.17) is 0 Å². The minimum atomic E-state index is -0.610. The zero-order valence-electron chi connectivity index (χ0n) is 18.3. The number of amides is 3. The first-order valence-corrected chi connectivity index (χ1v) is 10.4. The van der Waals surface area contributed by atoms with Crippen molar-refractivity contribution in [3.8, 4) is 0 Å². The van der Waals surface area contributed by atoms with Gasteiger partial charge in [-0.15, -0.1) is 0 Å². The van der Waals surface area contributed by atoms with Crippen molar-refractivity contribution in [2.24, 2.45) is 10.1 Å². The second-order valence-corrected chi connectivity index (χ2v) is 7.82. The number of carbonyl (C=O) groups excluding carboxylic acids is 2. The Morgan fingerprint density at radius 3 is 2.41 bits per heavy atom. The first kappa shape index (κ1) is 21.3. The number of hydrogen-bond acceptors (Lipinski definition) is 6. The van der Waals surface area contributed by atoms with E-state index in [9.17, 15) is 9.59 Å². The second-order valence-electron chi connectivity index (χ2n) is 7.82. The maximum absolute atomic E-state index is 13.0. The summed E-state index contributed by atoms with van der Waals surface area (Å²) in [6, 6.07) is 18.8. The number of benzene rings is 2. The minimum absolute atomic E-state index is 0.278. The number of fused-ring (bicyclic) bond motifs is 1. The van der Waals surface area contributed by atoms with Gasteiger partial charge in [0.2, 0.25) is 5.96 Å². The Labute approximate surface area is 187 Å². The number of rotatable bonds is 5. The van der Waals surface area contributed by atoms with Gasteiger partial charge in [0.1, 0.15) is 0 Å². The molecule has 1 saturated heterocycles. The van der Waals surface area contributed by atoms with Gasteiger partial charge >= 0.3 is 6.03 Å². The Kier molecular flexibility index (Phi) is 6.02. The van der Waals surface area contributed by atoms with E-state index < -0.39 is 12.2 Å². The largest absolute Gasteiger partial charge is 0.328 e. The molecule has 2 heterocycles. The van der Waals surface area contributed by atoms with Crippen molar-refractivity contribution in [1.29, 1.82) is 0 Å². The number of urea groups is 1. The molecule has 0 aromatic heterocycles. The van der Waals surface area contributed by atoms with Crippen LogP contribution in [-0.4, -0.2) is 64.6 Å². The molecule has 3 amide bonds. The SMILES string of the molecule is CC(/C=C/c1ccccc1)=N/NC1=NC2C(C(=O)N(C)C(=O)N2C)N1Cc1ccccc1. The Hall–Kier alpha value is -3.94. The standard InChI is InChI=1S/C24H26N6O2/c1-17(14-15-18-10-6-4-7-11-18)26-27-23-25-21-20(22(31)29(3)24(32)28(21)2)30(23)16-19-12-8-5-9-13-19/h4-15,20-21H,16H2,1-3H3,(H,25,27)/b15-14+,26-17-. The lowest BCUT2D eigenvalue weighted by Gasteiger charge is -2.39. The van der Waals surface area contributed by atoms with E-state index >= 15 is 0 Å². The summed E-state index contributed by atoms with van der Waals surface area (Å²) in [5, 5.41) is 4.44. The zero-order valence-corrected chi connectivity index (χ0v) is 18.3. The van der Waals surface area contributed by atoms with Crippen LogP contribution in [0, 0.1) is 0 Å². The Balaban J connectivity index is 1.58. The predicted molar refractivity (Wildman–Crippen MR) is 125 cm³/mol. The number of aliphatic imine (C=N–C) groups is 1. The van der Waals surface area contributed by atoms with Crippen molar-refractivity contribution in [3.05, 3.63) is 77.9 Å². The lowest BCUT2D eigenvalue weighted by atomic mass is 10.1. The topological polar surface area (TPSA) is 80.6 Å². The molecular weight excluding hydrogens is 404 g/mol. The summed E-state index contributed by atoms with van der Waals surface area (Å²) in [7, 11) is 3.16. The first-order valence-electron chi connectivity index (χ1n) is 10.4. The fraction of sp³-hybridized carbons (Fsp3) is 0.250. The van der Waals surface area contributed by atoms with Gasteiger partial charge in [0.15, 0.2) is 12.2 Å². The molecule has 164 valence electrons. The number of nitrogens with zero attached hydrogens (tertiary/aromatic N) is 5. The molecule has 2 atom stereocenters. The average Bonchev–Trinajstić information content (AvgIpc) is 3.18. The quantitative estimate of drug-likeness (QED) is 0.584. The van der Waals surface area contributed by atoms with Gasteiger partial charge in [0.25, 0.3) is 5.91 Å². The number of allylic oxidation sites excluding steroid dienone is 1. The third-order valence-electron chi connectivity index (χ3n) is 5.56. The molecule has 0 spiro atoms. The van der Waals surface area contributed by atoms with Crippen LogP contribution in [0.1, 0.15) is 18.1 Å². The number of guanidine groups is 1. The molecule has 0 bridgehead atoms. The molecule has 8 nitrogen and oxygen atoms in total. The lowest BCUT2D eigenvalue weighted by molar-refractivity contribution is -0.136. The molecule has 8 heteroatoms. The summed E-state index contributed by atoms with van der Waals surface area (Å²) in [5.41, 5.74) is 5.87. The molecule has 2 aliphatic heterocycles. The highest BCUT2D eigenvalue weighted by molar-refractivity contribution is 6.04. The number of hydrogen-bond donors (Lipinski definition) is 1. The van der Waals surface area contributed by atoms with Crippen LogP contribution in [0.2, 0.25) is 0 Å².